The Morgan fingerprint density at radius 1 is 1.41 bits per heavy atom. The number of nitrogens with two attached hydrogens (primary N) is 1. The topological polar surface area (TPSA) is 78.8 Å². The zero-order valence-corrected chi connectivity index (χ0v) is 10.1. The molecule has 1 heterocycles. The van der Waals surface area contributed by atoms with Gasteiger partial charge < -0.3 is 10.5 Å². The van der Waals surface area contributed by atoms with Crippen molar-refractivity contribution in [1.29, 1.82) is 0 Å². The van der Waals surface area contributed by atoms with Gasteiger partial charge in [-0.25, -0.2) is 4.68 Å². The van der Waals surface area contributed by atoms with Gasteiger partial charge in [-0.05, 0) is 28.6 Å². The predicted molar refractivity (Wildman–Crippen MR) is 64.6 cm³/mol. The molecule has 0 fully saturated rings. The van der Waals surface area contributed by atoms with Gasteiger partial charge in [-0.1, -0.05) is 11.6 Å². The Morgan fingerprint density at radius 2 is 2.24 bits per heavy atom. The second-order valence-electron chi connectivity index (χ2n) is 3.49. The van der Waals surface area contributed by atoms with Crippen LogP contribution in [0.4, 0.5) is 5.69 Å². The number of ether oxygens (including phenoxy) is 1. The van der Waals surface area contributed by atoms with Crippen LogP contribution in [0.2, 0.25) is 5.02 Å². The highest BCUT2D eigenvalue weighted by molar-refractivity contribution is 6.31. The molecule has 7 heteroatoms. The van der Waals surface area contributed by atoms with E-state index in [1.807, 2.05) is 0 Å². The summed E-state index contributed by atoms with van der Waals surface area (Å²) in [6, 6.07) is 5.22. The average molecular weight is 254 g/mol. The molecule has 2 N–H and O–H groups in total. The highest BCUT2D eigenvalue weighted by Crippen LogP contribution is 2.23. The lowest BCUT2D eigenvalue weighted by molar-refractivity contribution is 0.183. The Hall–Kier alpha value is -1.66. The van der Waals surface area contributed by atoms with E-state index < -0.39 is 0 Å². The van der Waals surface area contributed by atoms with Crippen molar-refractivity contribution in [3.63, 3.8) is 0 Å². The molecule has 2 aromatic rings. The van der Waals surface area contributed by atoms with Crippen LogP contribution in [0.1, 0.15) is 0 Å². The van der Waals surface area contributed by atoms with Crippen molar-refractivity contribution in [2.24, 2.45) is 0 Å². The van der Waals surface area contributed by atoms with Gasteiger partial charge >= 0.3 is 0 Å². The van der Waals surface area contributed by atoms with Crippen LogP contribution in [-0.4, -0.2) is 33.9 Å². The molecule has 6 nitrogen and oxygen atoms in total. The first-order valence-electron chi connectivity index (χ1n) is 5.02. The standard InChI is InChI=1S/C10H12ClN5O/c1-17-3-2-16-10(13-14-15-16)7-4-8(11)6-9(12)5-7/h4-6H,2-3,12H2,1H3. The highest BCUT2D eigenvalue weighted by Gasteiger charge is 2.09. The summed E-state index contributed by atoms with van der Waals surface area (Å²) in [5.74, 6) is 0.622. The van der Waals surface area contributed by atoms with Crippen molar-refractivity contribution in [2.75, 3.05) is 19.5 Å². The summed E-state index contributed by atoms with van der Waals surface area (Å²) < 4.78 is 6.63. The number of anilines is 1. The molecule has 1 aromatic heterocycles. The van der Waals surface area contributed by atoms with Gasteiger partial charge in [0.25, 0.3) is 0 Å². The summed E-state index contributed by atoms with van der Waals surface area (Å²) in [5, 5.41) is 12.0. The second-order valence-corrected chi connectivity index (χ2v) is 3.93. The van der Waals surface area contributed by atoms with Crippen LogP contribution in [-0.2, 0) is 11.3 Å². The van der Waals surface area contributed by atoms with Gasteiger partial charge in [-0.3, -0.25) is 0 Å². The molecular weight excluding hydrogens is 242 g/mol. The number of benzene rings is 1. The van der Waals surface area contributed by atoms with Gasteiger partial charge in [0, 0.05) is 23.4 Å². The fourth-order valence-electron chi connectivity index (χ4n) is 1.48. The fraction of sp³-hybridized carbons (Fsp3) is 0.300. The quantitative estimate of drug-likeness (QED) is 0.829. The van der Waals surface area contributed by atoms with Gasteiger partial charge in [0.15, 0.2) is 5.82 Å². The first-order valence-corrected chi connectivity index (χ1v) is 5.40. The molecule has 0 saturated heterocycles. The number of tetrazole rings is 1. The molecule has 0 aliphatic carbocycles. The molecule has 0 unspecified atom stereocenters. The van der Waals surface area contributed by atoms with Gasteiger partial charge in [0.2, 0.25) is 0 Å². The lowest BCUT2D eigenvalue weighted by atomic mass is 10.2. The van der Waals surface area contributed by atoms with Crippen molar-refractivity contribution in [3.8, 4) is 11.4 Å². The molecule has 0 saturated carbocycles. The molecule has 0 radical (unpaired) electrons. The van der Waals surface area contributed by atoms with E-state index in [-0.39, 0.29) is 0 Å². The molecule has 17 heavy (non-hydrogen) atoms. The molecule has 0 aliphatic rings. The van der Waals surface area contributed by atoms with E-state index in [4.69, 9.17) is 22.1 Å². The van der Waals surface area contributed by atoms with E-state index in [0.717, 1.165) is 5.56 Å². The summed E-state index contributed by atoms with van der Waals surface area (Å²) in [6.45, 7) is 1.11. The van der Waals surface area contributed by atoms with Crippen molar-refractivity contribution in [2.45, 2.75) is 6.54 Å². The van der Waals surface area contributed by atoms with Gasteiger partial charge in [0.1, 0.15) is 0 Å². The van der Waals surface area contributed by atoms with Crippen LogP contribution in [0.15, 0.2) is 18.2 Å². The van der Waals surface area contributed by atoms with E-state index in [2.05, 4.69) is 15.5 Å². The third kappa shape index (κ3) is 2.72. The van der Waals surface area contributed by atoms with E-state index in [1.165, 1.54) is 0 Å². The number of rotatable bonds is 4. The molecule has 0 spiro atoms. The highest BCUT2D eigenvalue weighted by atomic mass is 35.5. The maximum Gasteiger partial charge on any atom is 0.182 e. The second kappa shape index (κ2) is 5.11. The maximum absolute atomic E-state index is 5.94. The minimum atomic E-state index is 0.536. The van der Waals surface area contributed by atoms with Crippen molar-refractivity contribution < 1.29 is 4.74 Å². The number of halogens is 1. The Morgan fingerprint density at radius 3 is 2.94 bits per heavy atom. The van der Waals surface area contributed by atoms with Crippen LogP contribution in [0, 0.1) is 0 Å². The molecule has 2 rings (SSSR count). The number of hydrogen-bond donors (Lipinski definition) is 1. The van der Waals surface area contributed by atoms with E-state index in [1.54, 1.807) is 30.0 Å². The van der Waals surface area contributed by atoms with Crippen LogP contribution in [0.25, 0.3) is 11.4 Å². The monoisotopic (exact) mass is 253 g/mol. The minimum absolute atomic E-state index is 0.536. The van der Waals surface area contributed by atoms with Crippen LogP contribution >= 0.6 is 11.6 Å². The predicted octanol–water partition coefficient (Wildman–Crippen LogP) is 1.22. The fourth-order valence-corrected chi connectivity index (χ4v) is 1.72. The van der Waals surface area contributed by atoms with E-state index in [9.17, 15) is 0 Å². The Kier molecular flexibility index (Phi) is 3.55. The minimum Gasteiger partial charge on any atom is -0.399 e. The summed E-state index contributed by atoms with van der Waals surface area (Å²) in [5.41, 5.74) is 7.09. The third-order valence-electron chi connectivity index (χ3n) is 2.22. The molecule has 1 aromatic carbocycles. The lowest BCUT2D eigenvalue weighted by Crippen LogP contribution is -2.08. The van der Waals surface area contributed by atoms with E-state index >= 15 is 0 Å². The largest absolute Gasteiger partial charge is 0.399 e. The van der Waals surface area contributed by atoms with Crippen molar-refractivity contribution in [1.82, 2.24) is 20.2 Å². The summed E-state index contributed by atoms with van der Waals surface area (Å²) in [7, 11) is 1.63. The first kappa shape index (κ1) is 11.8. The first-order chi connectivity index (χ1) is 8.20. The molecule has 0 amide bonds. The normalized spacial score (nSPS) is 10.7. The lowest BCUT2D eigenvalue weighted by Gasteiger charge is -2.05. The average Bonchev–Trinajstić information content (AvgIpc) is 2.73. The third-order valence-corrected chi connectivity index (χ3v) is 2.44. The summed E-state index contributed by atoms with van der Waals surface area (Å²) in [4.78, 5) is 0. The zero-order chi connectivity index (χ0) is 12.3. The number of methoxy groups -OCH3 is 1. The van der Waals surface area contributed by atoms with Gasteiger partial charge in [-0.2, -0.15) is 0 Å². The Labute approximate surface area is 103 Å². The zero-order valence-electron chi connectivity index (χ0n) is 9.30. The number of nitrogens with zero attached hydrogens (tertiary/aromatic N) is 4. The molecule has 0 bridgehead atoms. The summed E-state index contributed by atoms with van der Waals surface area (Å²) >= 11 is 5.94. The molecular formula is C10H12ClN5O. The van der Waals surface area contributed by atoms with Crippen molar-refractivity contribution in [3.05, 3.63) is 23.2 Å². The van der Waals surface area contributed by atoms with Crippen LogP contribution < -0.4 is 5.73 Å². The molecule has 0 aliphatic heterocycles. The number of nitrogen functional groups attached to an aromatic ring is 1. The summed E-state index contributed by atoms with van der Waals surface area (Å²) in [6.07, 6.45) is 0. The van der Waals surface area contributed by atoms with Crippen LogP contribution in [0.3, 0.4) is 0 Å². The maximum atomic E-state index is 5.94. The Bertz CT molecular complexity index is 493. The SMILES string of the molecule is COCCn1nnnc1-c1cc(N)cc(Cl)c1. The molecule has 90 valence electrons. The van der Waals surface area contributed by atoms with Gasteiger partial charge in [-0.15, -0.1) is 5.10 Å². The molecule has 0 atom stereocenters. The smallest absolute Gasteiger partial charge is 0.182 e. The van der Waals surface area contributed by atoms with Crippen molar-refractivity contribution >= 4 is 17.3 Å². The Balaban J connectivity index is 2.35. The van der Waals surface area contributed by atoms with E-state index in [0.29, 0.717) is 29.7 Å². The van der Waals surface area contributed by atoms with Crippen LogP contribution in [0.5, 0.6) is 0 Å². The number of hydrogen-bond acceptors (Lipinski definition) is 5. The number of aromatic nitrogens is 4. The van der Waals surface area contributed by atoms with Gasteiger partial charge in [0.05, 0.1) is 13.2 Å².